The lowest BCUT2D eigenvalue weighted by atomic mass is 10.0. The van der Waals surface area contributed by atoms with E-state index in [-0.39, 0.29) is 5.70 Å². The quantitative estimate of drug-likeness (QED) is 0.318. The minimum atomic E-state index is -1.16. The Hall–Kier alpha value is -2.83. The van der Waals surface area contributed by atoms with Crippen molar-refractivity contribution >= 4 is 41.3 Å². The van der Waals surface area contributed by atoms with Crippen LogP contribution in [0.15, 0.2) is 46.8 Å². The van der Waals surface area contributed by atoms with Gasteiger partial charge < -0.3 is 16.2 Å². The Morgan fingerprint density at radius 3 is 2.79 bits per heavy atom. The molecule has 2 fully saturated rings. The predicted molar refractivity (Wildman–Crippen MR) is 122 cm³/mol. The second-order valence-electron chi connectivity index (χ2n) is 8.11. The number of H-pyrrole nitrogens is 1. The van der Waals surface area contributed by atoms with Crippen LogP contribution < -0.4 is 11.1 Å². The van der Waals surface area contributed by atoms with Crippen LogP contribution in [0.2, 0.25) is 0 Å². The van der Waals surface area contributed by atoms with Gasteiger partial charge in [-0.05, 0) is 24.0 Å². The third-order valence-corrected chi connectivity index (χ3v) is 8.08. The van der Waals surface area contributed by atoms with Gasteiger partial charge in [0, 0.05) is 17.4 Å². The van der Waals surface area contributed by atoms with E-state index in [0.717, 1.165) is 18.7 Å². The number of fused-ring (bicyclic) bond motifs is 1. The van der Waals surface area contributed by atoms with E-state index >= 15 is 0 Å². The van der Waals surface area contributed by atoms with E-state index in [0.29, 0.717) is 33.7 Å². The molecular weight excluding hydrogens is 464 g/mol. The molecule has 2 aliphatic heterocycles. The van der Waals surface area contributed by atoms with Gasteiger partial charge in [0.05, 0.1) is 0 Å². The molecule has 12 heteroatoms. The number of aromatic amines is 1. The Labute approximate surface area is 197 Å². The van der Waals surface area contributed by atoms with Gasteiger partial charge in [0.1, 0.15) is 29.0 Å². The predicted octanol–water partition coefficient (Wildman–Crippen LogP) is 1.21. The summed E-state index contributed by atoms with van der Waals surface area (Å²) in [7, 11) is 0. The van der Waals surface area contributed by atoms with E-state index in [9.17, 15) is 19.5 Å². The van der Waals surface area contributed by atoms with Crippen molar-refractivity contribution in [2.75, 3.05) is 11.5 Å². The fourth-order valence-corrected chi connectivity index (χ4v) is 6.15. The average Bonchev–Trinajstić information content (AvgIpc) is 3.58. The number of carbonyl (C=O) groups is 3. The molecule has 172 valence electrons. The highest BCUT2D eigenvalue weighted by atomic mass is 32.2. The van der Waals surface area contributed by atoms with Gasteiger partial charge in [-0.3, -0.25) is 19.6 Å². The summed E-state index contributed by atoms with van der Waals surface area (Å²) in [4.78, 5) is 43.2. The molecule has 0 radical (unpaired) electrons. The molecule has 3 heterocycles. The van der Waals surface area contributed by atoms with Gasteiger partial charge in [0.15, 0.2) is 0 Å². The second kappa shape index (κ2) is 8.84. The van der Waals surface area contributed by atoms with Crippen LogP contribution in [0.5, 0.6) is 0 Å². The van der Waals surface area contributed by atoms with E-state index in [1.54, 1.807) is 24.3 Å². The van der Waals surface area contributed by atoms with Crippen molar-refractivity contribution in [1.29, 1.82) is 0 Å². The highest BCUT2D eigenvalue weighted by Crippen LogP contribution is 2.42. The lowest BCUT2D eigenvalue weighted by Crippen LogP contribution is -2.71. The molecule has 2 amide bonds. The van der Waals surface area contributed by atoms with Crippen molar-refractivity contribution in [2.24, 2.45) is 5.73 Å². The largest absolute Gasteiger partial charge is 0.477 e. The summed E-state index contributed by atoms with van der Waals surface area (Å²) in [5.74, 6) is 0.0282. The molecule has 0 bridgehead atoms. The van der Waals surface area contributed by atoms with Crippen molar-refractivity contribution in [1.82, 2.24) is 25.4 Å². The Morgan fingerprint density at radius 2 is 2.09 bits per heavy atom. The normalized spacial score (nSPS) is 23.1. The van der Waals surface area contributed by atoms with E-state index in [4.69, 9.17) is 5.73 Å². The molecule has 2 aromatic rings. The zero-order chi connectivity index (χ0) is 23.1. The number of carbonyl (C=O) groups excluding carboxylic acids is 2. The molecule has 1 saturated carbocycles. The number of nitrogens with one attached hydrogen (secondary N) is 2. The third kappa shape index (κ3) is 4.25. The number of benzene rings is 1. The minimum Gasteiger partial charge on any atom is -0.477 e. The van der Waals surface area contributed by atoms with Crippen LogP contribution in [0, 0.1) is 0 Å². The number of nitrogens with zero attached hydrogens (tertiary/aromatic N) is 3. The van der Waals surface area contributed by atoms with Crippen molar-refractivity contribution in [3.63, 3.8) is 0 Å². The third-order valence-electron chi connectivity index (χ3n) is 5.81. The van der Waals surface area contributed by atoms with Crippen LogP contribution in [-0.2, 0) is 14.4 Å². The summed E-state index contributed by atoms with van der Waals surface area (Å²) in [6.45, 7) is 0. The highest BCUT2D eigenvalue weighted by Gasteiger charge is 2.54. The number of hydrogen-bond donors (Lipinski definition) is 4. The Bertz CT molecular complexity index is 1130. The first kappa shape index (κ1) is 22.0. The number of carboxylic acid groups (broad SMARTS) is 1. The Morgan fingerprint density at radius 1 is 1.33 bits per heavy atom. The molecule has 3 atom stereocenters. The Balaban J connectivity index is 1.26. The molecule has 3 aliphatic rings. The lowest BCUT2D eigenvalue weighted by molar-refractivity contribution is -0.150. The summed E-state index contributed by atoms with van der Waals surface area (Å²) in [6, 6.07) is 7.15. The van der Waals surface area contributed by atoms with E-state index in [2.05, 4.69) is 20.5 Å². The molecule has 1 aliphatic carbocycles. The summed E-state index contributed by atoms with van der Waals surface area (Å²) >= 11 is 2.77. The number of aromatic nitrogens is 3. The zero-order valence-electron chi connectivity index (χ0n) is 17.4. The Kier molecular flexibility index (Phi) is 5.89. The smallest absolute Gasteiger partial charge is 0.352 e. The van der Waals surface area contributed by atoms with Gasteiger partial charge in [-0.25, -0.2) is 9.78 Å². The van der Waals surface area contributed by atoms with E-state index < -0.39 is 35.2 Å². The van der Waals surface area contributed by atoms with Gasteiger partial charge in [-0.1, -0.05) is 42.1 Å². The molecular formula is C21H22N6O4S2. The molecule has 1 aromatic heterocycles. The topological polar surface area (TPSA) is 154 Å². The number of β-lactam (4-membered cyclic amide) rings is 1. The molecule has 33 heavy (non-hydrogen) atoms. The molecule has 1 saturated heterocycles. The summed E-state index contributed by atoms with van der Waals surface area (Å²) in [5.41, 5.74) is 7.28. The van der Waals surface area contributed by atoms with Gasteiger partial charge in [-0.15, -0.1) is 16.9 Å². The second-order valence-corrected chi connectivity index (χ2v) is 10.2. The van der Waals surface area contributed by atoms with E-state index in [1.807, 2.05) is 6.07 Å². The van der Waals surface area contributed by atoms with Crippen LogP contribution >= 0.6 is 23.5 Å². The molecule has 1 aromatic carbocycles. The monoisotopic (exact) mass is 486 g/mol. The fourth-order valence-electron chi connectivity index (χ4n) is 3.86. The first-order valence-corrected chi connectivity index (χ1v) is 12.5. The van der Waals surface area contributed by atoms with Crippen LogP contribution in [-0.4, -0.2) is 65.9 Å². The number of carboxylic acids is 1. The number of amides is 2. The summed E-state index contributed by atoms with van der Waals surface area (Å²) in [5, 5.41) is 19.7. The SMILES string of the molecule is NC(C(=O)NC1C(=O)N2C(C(=O)O)=C(CSc3n[nH]c(C4CC4)n3)CS[C@@H]12)c1ccccc1. The molecule has 5 N–H and O–H groups in total. The van der Waals surface area contributed by atoms with Gasteiger partial charge in [0.2, 0.25) is 11.1 Å². The number of thioether (sulfide) groups is 2. The average molecular weight is 487 g/mol. The van der Waals surface area contributed by atoms with Crippen LogP contribution in [0.25, 0.3) is 0 Å². The van der Waals surface area contributed by atoms with Gasteiger partial charge in [-0.2, -0.15) is 0 Å². The summed E-state index contributed by atoms with van der Waals surface area (Å²) < 4.78 is 0. The lowest BCUT2D eigenvalue weighted by Gasteiger charge is -2.49. The minimum absolute atomic E-state index is 0.0212. The van der Waals surface area contributed by atoms with Gasteiger partial charge >= 0.3 is 5.97 Å². The standard InChI is InChI=1S/C21H22N6O4S2/c22-13(10-4-2-1-3-5-10)17(28)23-14-18(29)27-15(20(30)31)12(8-32-19(14)27)9-33-21-24-16(25-26-21)11-6-7-11/h1-5,11,13-14,19H,6-9,22H2,(H,23,28)(H,30,31)(H,24,25,26)/t13?,14?,19-/m0/s1. The number of nitrogens with two attached hydrogens (primary N) is 1. The molecule has 2 unspecified atom stereocenters. The number of aliphatic carboxylic acids is 1. The first-order chi connectivity index (χ1) is 15.9. The molecule has 10 nitrogen and oxygen atoms in total. The zero-order valence-corrected chi connectivity index (χ0v) is 19.1. The van der Waals surface area contributed by atoms with Crippen LogP contribution in [0.1, 0.15) is 36.2 Å². The van der Waals surface area contributed by atoms with Crippen molar-refractivity contribution in [3.05, 3.63) is 53.0 Å². The first-order valence-electron chi connectivity index (χ1n) is 10.5. The molecule has 0 spiro atoms. The maximum atomic E-state index is 12.8. The van der Waals surface area contributed by atoms with Crippen LogP contribution in [0.3, 0.4) is 0 Å². The van der Waals surface area contributed by atoms with Crippen LogP contribution in [0.4, 0.5) is 0 Å². The number of rotatable bonds is 8. The van der Waals surface area contributed by atoms with Gasteiger partial charge in [0.25, 0.3) is 5.91 Å². The fraction of sp³-hybridized carbons (Fsp3) is 0.381. The maximum absolute atomic E-state index is 12.8. The molecule has 5 rings (SSSR count). The van der Waals surface area contributed by atoms with Crippen molar-refractivity contribution in [2.45, 2.75) is 41.4 Å². The summed E-state index contributed by atoms with van der Waals surface area (Å²) in [6.07, 6.45) is 2.22. The van der Waals surface area contributed by atoms with Crippen molar-refractivity contribution in [3.8, 4) is 0 Å². The number of hydrogen-bond acceptors (Lipinski definition) is 8. The van der Waals surface area contributed by atoms with Crippen molar-refractivity contribution < 1.29 is 19.5 Å². The van der Waals surface area contributed by atoms with E-state index in [1.165, 1.54) is 28.4 Å². The highest BCUT2D eigenvalue weighted by molar-refractivity contribution is 8.01. The maximum Gasteiger partial charge on any atom is 0.352 e.